The van der Waals surface area contributed by atoms with Crippen molar-refractivity contribution in [2.45, 2.75) is 6.18 Å². The third kappa shape index (κ3) is 4.49. The molecule has 1 fully saturated rings. The minimum absolute atomic E-state index is 0.0879. The van der Waals surface area contributed by atoms with Gasteiger partial charge in [-0.05, 0) is 81.6 Å². The van der Waals surface area contributed by atoms with Crippen LogP contribution >= 0.6 is 69.2 Å². The van der Waals surface area contributed by atoms with Gasteiger partial charge in [-0.25, -0.2) is 0 Å². The summed E-state index contributed by atoms with van der Waals surface area (Å²) in [5.41, 5.74) is -0.0508. The van der Waals surface area contributed by atoms with Crippen molar-refractivity contribution in [3.8, 4) is 5.75 Å². The zero-order valence-corrected chi connectivity index (χ0v) is 20.0. The normalized spacial score (nSPS) is 16.2. The maximum absolute atomic E-state index is 13.0. The van der Waals surface area contributed by atoms with Crippen molar-refractivity contribution in [1.82, 2.24) is 0 Å². The number of hydrogen-bond acceptors (Lipinski definition) is 4. The molecule has 0 spiro atoms. The molecule has 2 aromatic carbocycles. The molecule has 0 saturated carbocycles. The van der Waals surface area contributed by atoms with Gasteiger partial charge in [0.1, 0.15) is 5.75 Å². The largest absolute Gasteiger partial charge is 0.495 e. The fraction of sp³-hybridized carbons (Fsp3) is 0.111. The van der Waals surface area contributed by atoms with Gasteiger partial charge >= 0.3 is 6.18 Å². The molecule has 1 amide bonds. The summed E-state index contributed by atoms with van der Waals surface area (Å²) in [6.07, 6.45) is -2.85. The Balaban J connectivity index is 2.01. The summed E-state index contributed by atoms with van der Waals surface area (Å²) in [6, 6.07) is 8.35. The van der Waals surface area contributed by atoms with E-state index in [0.29, 0.717) is 16.2 Å². The van der Waals surface area contributed by atoms with Crippen LogP contribution in [0.25, 0.3) is 6.08 Å². The number of ether oxygens (including phenoxy) is 1. The van der Waals surface area contributed by atoms with Gasteiger partial charge in [0.2, 0.25) is 0 Å². The summed E-state index contributed by atoms with van der Waals surface area (Å²) in [4.78, 5) is 14.3. The second-order valence-corrected chi connectivity index (χ2v) is 9.66. The molecule has 3 rings (SSSR count). The molecule has 2 aromatic rings. The van der Waals surface area contributed by atoms with E-state index in [4.69, 9.17) is 17.0 Å². The molecular weight excluding hydrogens is 637 g/mol. The van der Waals surface area contributed by atoms with E-state index in [1.165, 1.54) is 19.2 Å². The number of alkyl halides is 3. The standard InChI is InChI=1S/C18H10F3I2NO2S2/c1-26-15-9(5-11(22)8-13(15)23)6-14-16(25)24(17(27)28-14)12-4-2-3-10(7-12)18(19,20)21/h2-8H,1H3/b14-6+. The van der Waals surface area contributed by atoms with Gasteiger partial charge in [-0.2, -0.15) is 13.2 Å². The molecule has 1 aliphatic heterocycles. The van der Waals surface area contributed by atoms with E-state index >= 15 is 0 Å². The lowest BCUT2D eigenvalue weighted by Gasteiger charge is -2.16. The maximum Gasteiger partial charge on any atom is 0.416 e. The lowest BCUT2D eigenvalue weighted by Crippen LogP contribution is -2.27. The first-order valence-electron chi connectivity index (χ1n) is 7.60. The lowest BCUT2D eigenvalue weighted by atomic mass is 10.1. The SMILES string of the molecule is COc1c(I)cc(I)cc1/C=C1/SC(=S)N(c2cccc(C(F)(F)F)c2)C1=O. The monoisotopic (exact) mass is 647 g/mol. The van der Waals surface area contributed by atoms with Crippen molar-refractivity contribution in [3.05, 3.63) is 59.6 Å². The third-order valence-corrected chi connectivity index (χ3v) is 6.48. The number of thioether (sulfide) groups is 1. The molecule has 10 heteroatoms. The van der Waals surface area contributed by atoms with Crippen LogP contribution in [0.15, 0.2) is 41.3 Å². The number of thiocarbonyl (C=S) groups is 1. The average Bonchev–Trinajstić information content (AvgIpc) is 2.87. The molecule has 1 aliphatic rings. The van der Waals surface area contributed by atoms with Crippen LogP contribution in [0.1, 0.15) is 11.1 Å². The summed E-state index contributed by atoms with van der Waals surface area (Å²) >= 11 is 10.6. The molecule has 0 unspecified atom stereocenters. The second kappa shape index (κ2) is 8.48. The number of carbonyl (C=O) groups is 1. The first-order valence-corrected chi connectivity index (χ1v) is 11.0. The quantitative estimate of drug-likeness (QED) is 0.222. The number of benzene rings is 2. The highest BCUT2D eigenvalue weighted by molar-refractivity contribution is 14.1. The highest BCUT2D eigenvalue weighted by Gasteiger charge is 2.36. The van der Waals surface area contributed by atoms with Crippen LogP contribution in [0.2, 0.25) is 0 Å². The van der Waals surface area contributed by atoms with Crippen LogP contribution in [0.5, 0.6) is 5.75 Å². The van der Waals surface area contributed by atoms with E-state index in [2.05, 4.69) is 45.2 Å². The van der Waals surface area contributed by atoms with Gasteiger partial charge in [-0.3, -0.25) is 9.69 Å². The maximum atomic E-state index is 13.0. The van der Waals surface area contributed by atoms with Gasteiger partial charge < -0.3 is 4.74 Å². The molecule has 0 radical (unpaired) electrons. The van der Waals surface area contributed by atoms with Crippen LogP contribution in [0.3, 0.4) is 0 Å². The van der Waals surface area contributed by atoms with E-state index in [-0.39, 0.29) is 10.0 Å². The Hall–Kier alpha value is -0.860. The number of rotatable bonds is 3. The molecule has 0 aromatic heterocycles. The van der Waals surface area contributed by atoms with E-state index in [0.717, 1.165) is 35.9 Å². The van der Waals surface area contributed by atoms with Crippen molar-refractivity contribution in [3.63, 3.8) is 0 Å². The Labute approximate surface area is 196 Å². The fourth-order valence-electron chi connectivity index (χ4n) is 2.56. The van der Waals surface area contributed by atoms with Crippen LogP contribution < -0.4 is 9.64 Å². The Morgan fingerprint density at radius 1 is 1.21 bits per heavy atom. The molecule has 3 nitrogen and oxygen atoms in total. The Morgan fingerprint density at radius 2 is 1.93 bits per heavy atom. The number of methoxy groups -OCH3 is 1. The molecule has 1 heterocycles. The molecule has 0 atom stereocenters. The van der Waals surface area contributed by atoms with Crippen LogP contribution in [-0.2, 0) is 11.0 Å². The van der Waals surface area contributed by atoms with Crippen molar-refractivity contribution in [1.29, 1.82) is 0 Å². The molecule has 0 bridgehead atoms. The number of halogens is 5. The van der Waals surface area contributed by atoms with Crippen LogP contribution in [-0.4, -0.2) is 17.3 Å². The number of nitrogens with zero attached hydrogens (tertiary/aromatic N) is 1. The van der Waals surface area contributed by atoms with E-state index < -0.39 is 17.6 Å². The molecule has 28 heavy (non-hydrogen) atoms. The van der Waals surface area contributed by atoms with Crippen molar-refractivity contribution in [2.24, 2.45) is 0 Å². The van der Waals surface area contributed by atoms with Gasteiger partial charge in [-0.15, -0.1) is 0 Å². The smallest absolute Gasteiger partial charge is 0.416 e. The zero-order valence-electron chi connectivity index (χ0n) is 14.0. The van der Waals surface area contributed by atoms with E-state index in [9.17, 15) is 18.0 Å². The molecule has 146 valence electrons. The second-order valence-electron chi connectivity index (χ2n) is 5.58. The molecule has 0 N–H and O–H groups in total. The molecular formula is C18H10F3I2NO2S2. The summed E-state index contributed by atoms with van der Waals surface area (Å²) in [5, 5.41) is 0. The van der Waals surface area contributed by atoms with Crippen molar-refractivity contribution < 1.29 is 22.7 Å². The topological polar surface area (TPSA) is 29.5 Å². The predicted octanol–water partition coefficient (Wildman–Crippen LogP) is 6.33. The summed E-state index contributed by atoms with van der Waals surface area (Å²) < 4.78 is 46.5. The van der Waals surface area contributed by atoms with Gasteiger partial charge in [0, 0.05) is 9.13 Å². The average molecular weight is 647 g/mol. The minimum atomic E-state index is -4.50. The minimum Gasteiger partial charge on any atom is -0.495 e. The van der Waals surface area contributed by atoms with Gasteiger partial charge in [-0.1, -0.05) is 30.0 Å². The predicted molar refractivity (Wildman–Crippen MR) is 126 cm³/mol. The van der Waals surface area contributed by atoms with Gasteiger partial charge in [0.05, 0.1) is 26.8 Å². The Morgan fingerprint density at radius 3 is 2.57 bits per heavy atom. The first-order chi connectivity index (χ1) is 13.1. The molecule has 1 saturated heterocycles. The number of amides is 1. The van der Waals surface area contributed by atoms with Crippen LogP contribution in [0, 0.1) is 7.14 Å². The lowest BCUT2D eigenvalue weighted by molar-refractivity contribution is -0.137. The van der Waals surface area contributed by atoms with Crippen molar-refractivity contribution >= 4 is 91.2 Å². The highest BCUT2D eigenvalue weighted by Crippen LogP contribution is 2.40. The Bertz CT molecular complexity index is 1010. The fourth-order valence-corrected chi connectivity index (χ4v) is 5.96. The zero-order chi connectivity index (χ0) is 20.6. The van der Waals surface area contributed by atoms with Gasteiger partial charge in [0.25, 0.3) is 5.91 Å². The third-order valence-electron chi connectivity index (χ3n) is 3.75. The Kier molecular flexibility index (Phi) is 6.61. The van der Waals surface area contributed by atoms with Gasteiger partial charge in [0.15, 0.2) is 4.32 Å². The highest BCUT2D eigenvalue weighted by atomic mass is 127. The molecule has 0 aliphatic carbocycles. The summed E-state index contributed by atoms with van der Waals surface area (Å²) in [5.74, 6) is 0.149. The van der Waals surface area contributed by atoms with E-state index in [1.807, 2.05) is 12.1 Å². The number of anilines is 1. The van der Waals surface area contributed by atoms with Crippen LogP contribution in [0.4, 0.5) is 18.9 Å². The number of carbonyl (C=O) groups excluding carboxylic acids is 1. The summed E-state index contributed by atoms with van der Waals surface area (Å²) in [6.45, 7) is 0. The first kappa shape index (κ1) is 21.8. The van der Waals surface area contributed by atoms with E-state index in [1.54, 1.807) is 6.08 Å². The summed E-state index contributed by atoms with van der Waals surface area (Å²) in [7, 11) is 1.54. The number of hydrogen-bond donors (Lipinski definition) is 0. The van der Waals surface area contributed by atoms with Crippen molar-refractivity contribution in [2.75, 3.05) is 12.0 Å².